The first kappa shape index (κ1) is 12.1. The second-order valence-corrected chi connectivity index (χ2v) is 3.32. The minimum absolute atomic E-state index is 0. The second kappa shape index (κ2) is 4.23. The van der Waals surface area contributed by atoms with Crippen LogP contribution >= 0.6 is 7.60 Å². The van der Waals surface area contributed by atoms with Crippen LogP contribution in [0.15, 0.2) is 0 Å². The van der Waals surface area contributed by atoms with E-state index in [0.29, 0.717) is 0 Å². The fraction of sp³-hybridized carbons (Fsp3) is 1.00. The molecule has 1 unspecified atom stereocenters. The average Bonchev–Trinajstić information content (AvgIpc) is 1.31. The van der Waals surface area contributed by atoms with E-state index in [9.17, 15) is 4.57 Å². The van der Waals surface area contributed by atoms with E-state index in [1.807, 2.05) is 0 Å². The van der Waals surface area contributed by atoms with Gasteiger partial charge in [0.2, 0.25) is 0 Å². The molecule has 0 radical (unpaired) electrons. The molecule has 0 bridgehead atoms. The molecule has 0 saturated carbocycles. The molecule has 0 aliphatic heterocycles. The van der Waals surface area contributed by atoms with Crippen molar-refractivity contribution in [2.45, 2.75) is 12.7 Å². The van der Waals surface area contributed by atoms with Crippen molar-refractivity contribution in [3.8, 4) is 0 Å². The third-order valence-electron chi connectivity index (χ3n) is 0.531. The van der Waals surface area contributed by atoms with Crippen molar-refractivity contribution in [3.05, 3.63) is 0 Å². The summed E-state index contributed by atoms with van der Waals surface area (Å²) in [5.41, 5.74) is 4.81. The van der Waals surface area contributed by atoms with Crippen molar-refractivity contribution in [2.75, 3.05) is 0 Å². The summed E-state index contributed by atoms with van der Waals surface area (Å²) in [6, 6.07) is 0. The monoisotopic (exact) mass is 167 g/mol. The van der Waals surface area contributed by atoms with Crippen LogP contribution in [0.4, 0.5) is 0 Å². The summed E-state index contributed by atoms with van der Waals surface area (Å²) >= 11 is 0. The molecule has 1 atom stereocenters. The van der Waals surface area contributed by atoms with Gasteiger partial charge in [-0.15, -0.1) is 0 Å². The van der Waals surface area contributed by atoms with Crippen molar-refractivity contribution in [1.29, 1.82) is 0 Å². The van der Waals surface area contributed by atoms with Gasteiger partial charge in [0.05, 0.1) is 0 Å². The van der Waals surface area contributed by atoms with Crippen LogP contribution < -0.4 is 5.73 Å². The van der Waals surface area contributed by atoms with Gasteiger partial charge in [-0.2, -0.15) is 0 Å². The third-order valence-corrected chi connectivity index (χ3v) is 1.59. The molecule has 48 valence electrons. The Morgan fingerprint density at radius 2 is 1.75 bits per heavy atom. The summed E-state index contributed by atoms with van der Waals surface area (Å²) in [7, 11) is -3.96. The van der Waals surface area contributed by atoms with E-state index in [-0.39, 0.29) is 37.7 Å². The summed E-state index contributed by atoms with van der Waals surface area (Å²) in [5, 5.41) is 0. The van der Waals surface area contributed by atoms with E-state index in [2.05, 4.69) is 0 Å². The van der Waals surface area contributed by atoms with Crippen LogP contribution in [0.3, 0.4) is 0 Å². The fourth-order valence-electron chi connectivity index (χ4n) is 0. The third kappa shape index (κ3) is 5.51. The Balaban J connectivity index is 0. The number of nitrogens with two attached hydrogens (primary N) is 1. The van der Waals surface area contributed by atoms with Gasteiger partial charge in [-0.25, -0.2) is 0 Å². The molecular formula is C2H10CaNO3P. The zero-order valence-corrected chi connectivity index (χ0v) is 4.80. The maximum atomic E-state index is 9.90. The van der Waals surface area contributed by atoms with Crippen molar-refractivity contribution in [1.82, 2.24) is 0 Å². The zero-order chi connectivity index (χ0) is 6.08. The van der Waals surface area contributed by atoms with E-state index in [1.54, 1.807) is 0 Å². The predicted octanol–water partition coefficient (Wildman–Crippen LogP) is -1.45. The molecule has 0 aromatic carbocycles. The van der Waals surface area contributed by atoms with Crippen LogP contribution in [0.1, 0.15) is 6.92 Å². The second-order valence-electron chi connectivity index (χ2n) is 1.33. The van der Waals surface area contributed by atoms with Crippen molar-refractivity contribution in [2.24, 2.45) is 5.73 Å². The standard InChI is InChI=1S/C2H8NO3P.Ca.2H/c1-2(3)7(4,5)6;;;/h2H,3H2,1H3,(H2,4,5,6);;;. The van der Waals surface area contributed by atoms with Gasteiger partial charge in [0.25, 0.3) is 0 Å². The molecule has 4 nitrogen and oxygen atoms in total. The summed E-state index contributed by atoms with van der Waals surface area (Å²) in [6.07, 6.45) is 0. The normalized spacial score (nSPS) is 14.5. The van der Waals surface area contributed by atoms with Crippen LogP contribution in [-0.4, -0.2) is 53.3 Å². The van der Waals surface area contributed by atoms with Crippen LogP contribution in [0, 0.1) is 0 Å². The first-order valence-corrected chi connectivity index (χ1v) is 3.43. The Kier molecular flexibility index (Phi) is 6.39. The van der Waals surface area contributed by atoms with E-state index in [1.165, 1.54) is 6.92 Å². The van der Waals surface area contributed by atoms with Gasteiger partial charge >= 0.3 is 45.3 Å². The van der Waals surface area contributed by atoms with Crippen LogP contribution in [-0.2, 0) is 4.57 Å². The molecule has 4 N–H and O–H groups in total. The molecule has 0 aliphatic rings. The summed E-state index contributed by atoms with van der Waals surface area (Å²) in [5.74, 6) is -1.03. The van der Waals surface area contributed by atoms with Crippen LogP contribution in [0.25, 0.3) is 0 Å². The van der Waals surface area contributed by atoms with Gasteiger partial charge in [-0.05, 0) is 6.92 Å². The van der Waals surface area contributed by atoms with Gasteiger partial charge < -0.3 is 15.5 Å². The summed E-state index contributed by atoms with van der Waals surface area (Å²) in [6.45, 7) is 1.26. The van der Waals surface area contributed by atoms with Gasteiger partial charge in [0.15, 0.2) is 0 Å². The van der Waals surface area contributed by atoms with Crippen molar-refractivity contribution >= 4 is 45.3 Å². The number of hydrogen-bond donors (Lipinski definition) is 3. The molecule has 0 heterocycles. The van der Waals surface area contributed by atoms with E-state index in [4.69, 9.17) is 15.5 Å². The average molecular weight is 167 g/mol. The summed E-state index contributed by atoms with van der Waals surface area (Å²) in [4.78, 5) is 16.2. The Bertz CT molecular complexity index is 99.5. The molecule has 0 rings (SSSR count). The summed E-state index contributed by atoms with van der Waals surface area (Å²) < 4.78 is 9.90. The quantitative estimate of drug-likeness (QED) is 0.329. The van der Waals surface area contributed by atoms with Gasteiger partial charge in [0, 0.05) is 0 Å². The van der Waals surface area contributed by atoms with E-state index in [0.717, 1.165) is 0 Å². The molecule has 0 aromatic heterocycles. The topological polar surface area (TPSA) is 83.6 Å². The first-order chi connectivity index (χ1) is 2.94. The Morgan fingerprint density at radius 3 is 1.75 bits per heavy atom. The molecule has 6 heteroatoms. The predicted molar refractivity (Wildman–Crippen MR) is 34.2 cm³/mol. The van der Waals surface area contributed by atoms with Crippen LogP contribution in [0.2, 0.25) is 0 Å². The molecule has 0 amide bonds. The van der Waals surface area contributed by atoms with E-state index < -0.39 is 13.4 Å². The molecule has 0 aliphatic carbocycles. The van der Waals surface area contributed by atoms with Crippen molar-refractivity contribution in [3.63, 3.8) is 0 Å². The Morgan fingerprint density at radius 1 is 1.62 bits per heavy atom. The van der Waals surface area contributed by atoms with Crippen LogP contribution in [0.5, 0.6) is 0 Å². The zero-order valence-electron chi connectivity index (χ0n) is 3.90. The molecular weight excluding hydrogens is 157 g/mol. The number of hydrogen-bond acceptors (Lipinski definition) is 2. The number of rotatable bonds is 1. The maximum absolute atomic E-state index is 9.90. The fourth-order valence-corrected chi connectivity index (χ4v) is 0. The molecule has 8 heavy (non-hydrogen) atoms. The minimum atomic E-state index is -3.96. The molecule has 0 spiro atoms. The molecule has 0 aromatic rings. The van der Waals surface area contributed by atoms with Gasteiger partial charge in [-0.1, -0.05) is 0 Å². The molecule has 0 saturated heterocycles. The Hall–Kier alpha value is 1.37. The molecule has 0 fully saturated rings. The van der Waals surface area contributed by atoms with E-state index >= 15 is 0 Å². The van der Waals surface area contributed by atoms with Crippen molar-refractivity contribution < 1.29 is 14.4 Å². The van der Waals surface area contributed by atoms with Gasteiger partial charge in [0.1, 0.15) is 5.78 Å². The Labute approximate surface area is 77.6 Å². The van der Waals surface area contributed by atoms with Gasteiger partial charge in [-0.3, -0.25) is 4.57 Å². The first-order valence-electron chi connectivity index (χ1n) is 1.75. The SMILES string of the molecule is CC(N)P(=O)(O)O.[CaH2].